The van der Waals surface area contributed by atoms with Gasteiger partial charge in [-0.2, -0.15) is 0 Å². The van der Waals surface area contributed by atoms with E-state index in [9.17, 15) is 14.7 Å². The van der Waals surface area contributed by atoms with E-state index in [1.807, 2.05) is 31.4 Å². The summed E-state index contributed by atoms with van der Waals surface area (Å²) in [5.41, 5.74) is 4.22. The van der Waals surface area contributed by atoms with E-state index < -0.39 is 18.0 Å². The van der Waals surface area contributed by atoms with Crippen LogP contribution in [0.4, 0.5) is 5.82 Å². The molecule has 1 atom stereocenters. The molecule has 8 heteroatoms. The molecule has 0 spiro atoms. The molecule has 3 rings (SSSR count). The first-order valence-electron chi connectivity index (χ1n) is 8.37. The summed E-state index contributed by atoms with van der Waals surface area (Å²) in [5.74, 6) is -1.76. The maximum Gasteiger partial charge on any atom is 0.326 e. The molecule has 0 amide bonds. The summed E-state index contributed by atoms with van der Waals surface area (Å²) in [7, 11) is 0. The van der Waals surface area contributed by atoms with Gasteiger partial charge in [0.1, 0.15) is 23.0 Å². The van der Waals surface area contributed by atoms with Gasteiger partial charge >= 0.3 is 11.9 Å². The third-order valence-corrected chi connectivity index (χ3v) is 5.18. The number of carboxylic acid groups (broad SMARTS) is 2. The smallest absolute Gasteiger partial charge is 0.326 e. The van der Waals surface area contributed by atoms with Gasteiger partial charge < -0.3 is 15.5 Å². The van der Waals surface area contributed by atoms with Crippen molar-refractivity contribution in [1.29, 1.82) is 0 Å². The molecule has 0 aliphatic carbocycles. The number of hydrogen-bond acceptors (Lipinski definition) is 6. The molecule has 0 bridgehead atoms. The number of aryl methyl sites for hydroxylation is 2. The summed E-state index contributed by atoms with van der Waals surface area (Å²) in [6.45, 7) is 4.05. The average Bonchev–Trinajstić information content (AvgIpc) is 3.03. The lowest BCUT2D eigenvalue weighted by molar-refractivity contribution is -0.139. The second kappa shape index (κ2) is 7.71. The van der Waals surface area contributed by atoms with Crippen molar-refractivity contribution in [3.8, 4) is 11.1 Å². The van der Waals surface area contributed by atoms with Crippen LogP contribution < -0.4 is 5.32 Å². The van der Waals surface area contributed by atoms with E-state index in [-0.39, 0.29) is 12.8 Å². The summed E-state index contributed by atoms with van der Waals surface area (Å²) in [5, 5.41) is 23.9. The zero-order valence-electron chi connectivity index (χ0n) is 14.9. The van der Waals surface area contributed by atoms with Crippen LogP contribution in [0.1, 0.15) is 24.0 Å². The van der Waals surface area contributed by atoms with E-state index in [1.165, 1.54) is 17.7 Å². The van der Waals surface area contributed by atoms with Crippen molar-refractivity contribution in [1.82, 2.24) is 9.97 Å². The van der Waals surface area contributed by atoms with Crippen molar-refractivity contribution in [3.05, 3.63) is 41.0 Å². The largest absolute Gasteiger partial charge is 0.481 e. The monoisotopic (exact) mass is 385 g/mol. The number of aromatic nitrogens is 2. The number of anilines is 1. The number of thiophene rings is 1. The number of carboxylic acids is 2. The fraction of sp³-hybridized carbons (Fsp3) is 0.263. The first-order chi connectivity index (χ1) is 12.9. The van der Waals surface area contributed by atoms with E-state index in [4.69, 9.17) is 5.11 Å². The molecule has 3 aromatic rings. The summed E-state index contributed by atoms with van der Waals surface area (Å²) < 4.78 is 0. The van der Waals surface area contributed by atoms with Crippen molar-refractivity contribution < 1.29 is 19.8 Å². The Morgan fingerprint density at radius 3 is 2.63 bits per heavy atom. The Hall–Kier alpha value is -3.00. The predicted octanol–water partition coefficient (Wildman–Crippen LogP) is 3.71. The number of nitrogens with one attached hydrogen (secondary N) is 1. The maximum absolute atomic E-state index is 11.5. The normalized spacial score (nSPS) is 12.1. The van der Waals surface area contributed by atoms with Crippen LogP contribution in [0, 0.1) is 13.8 Å². The highest BCUT2D eigenvalue weighted by atomic mass is 32.1. The molecule has 27 heavy (non-hydrogen) atoms. The van der Waals surface area contributed by atoms with Crippen LogP contribution in [0.5, 0.6) is 0 Å². The number of aliphatic carboxylic acids is 2. The minimum absolute atomic E-state index is 0.0425. The van der Waals surface area contributed by atoms with E-state index in [0.29, 0.717) is 5.82 Å². The summed E-state index contributed by atoms with van der Waals surface area (Å²) in [4.78, 5) is 31.6. The van der Waals surface area contributed by atoms with Crippen LogP contribution in [0.2, 0.25) is 0 Å². The topological polar surface area (TPSA) is 112 Å². The molecule has 2 heterocycles. The highest BCUT2D eigenvalue weighted by Crippen LogP contribution is 2.38. The van der Waals surface area contributed by atoms with Gasteiger partial charge in [0.25, 0.3) is 0 Å². The summed E-state index contributed by atoms with van der Waals surface area (Å²) in [6.07, 6.45) is 1.09. The third kappa shape index (κ3) is 4.06. The molecule has 7 nitrogen and oxygen atoms in total. The van der Waals surface area contributed by atoms with Crippen molar-refractivity contribution in [2.24, 2.45) is 0 Å². The highest BCUT2D eigenvalue weighted by molar-refractivity contribution is 7.17. The average molecular weight is 385 g/mol. The fourth-order valence-electron chi connectivity index (χ4n) is 2.99. The van der Waals surface area contributed by atoms with Crippen LogP contribution in [0.15, 0.2) is 29.9 Å². The standard InChI is InChI=1S/C19H19N3O4S/c1-10-3-4-12(11(2)7-10)13-8-27-18-16(13)17(20-9-21-18)22-14(19(25)26)5-6-15(23)24/h3-4,7-9,14H,5-6H2,1-2H3,(H,23,24)(H,25,26)(H,20,21,22). The SMILES string of the molecule is Cc1ccc(-c2csc3ncnc(NC(CCC(=O)O)C(=O)O)c23)c(C)c1. The Morgan fingerprint density at radius 1 is 1.19 bits per heavy atom. The van der Waals surface area contributed by atoms with Crippen molar-refractivity contribution in [2.75, 3.05) is 5.32 Å². The Balaban J connectivity index is 2.04. The van der Waals surface area contributed by atoms with Crippen LogP contribution >= 0.6 is 11.3 Å². The first-order valence-corrected chi connectivity index (χ1v) is 9.25. The predicted molar refractivity (Wildman–Crippen MR) is 104 cm³/mol. The van der Waals surface area contributed by atoms with Gasteiger partial charge in [-0.1, -0.05) is 23.8 Å². The molecule has 0 aliphatic heterocycles. The zero-order chi connectivity index (χ0) is 19.6. The Kier molecular flexibility index (Phi) is 5.36. The van der Waals surface area contributed by atoms with Gasteiger partial charge in [0.2, 0.25) is 0 Å². The molecule has 140 valence electrons. The number of carbonyl (C=O) groups is 2. The Morgan fingerprint density at radius 2 is 1.96 bits per heavy atom. The molecule has 1 aromatic carbocycles. The van der Waals surface area contributed by atoms with Gasteiger partial charge in [0.15, 0.2) is 0 Å². The van der Waals surface area contributed by atoms with E-state index in [1.54, 1.807) is 0 Å². The van der Waals surface area contributed by atoms with Gasteiger partial charge in [-0.25, -0.2) is 14.8 Å². The van der Waals surface area contributed by atoms with Gasteiger partial charge in [0.05, 0.1) is 5.39 Å². The minimum Gasteiger partial charge on any atom is -0.481 e. The molecule has 1 unspecified atom stereocenters. The number of fused-ring (bicyclic) bond motifs is 1. The molecule has 0 saturated heterocycles. The molecule has 0 radical (unpaired) electrons. The Bertz CT molecular complexity index is 1020. The van der Waals surface area contributed by atoms with Crippen LogP contribution in [-0.2, 0) is 9.59 Å². The van der Waals surface area contributed by atoms with Gasteiger partial charge in [-0.3, -0.25) is 4.79 Å². The van der Waals surface area contributed by atoms with Gasteiger partial charge in [-0.05, 0) is 31.4 Å². The van der Waals surface area contributed by atoms with Crippen LogP contribution in [0.3, 0.4) is 0 Å². The minimum atomic E-state index is -1.12. The quantitative estimate of drug-likeness (QED) is 0.568. The van der Waals surface area contributed by atoms with Crippen LogP contribution in [-0.4, -0.2) is 38.2 Å². The Labute approximate surface area is 159 Å². The lowest BCUT2D eigenvalue weighted by Gasteiger charge is -2.15. The molecule has 0 aliphatic rings. The molecule has 3 N–H and O–H groups in total. The highest BCUT2D eigenvalue weighted by Gasteiger charge is 2.22. The second-order valence-electron chi connectivity index (χ2n) is 6.34. The zero-order valence-corrected chi connectivity index (χ0v) is 15.7. The third-order valence-electron chi connectivity index (χ3n) is 4.30. The maximum atomic E-state index is 11.5. The molecule has 2 aromatic heterocycles. The van der Waals surface area contributed by atoms with E-state index >= 15 is 0 Å². The second-order valence-corrected chi connectivity index (χ2v) is 7.20. The number of benzene rings is 1. The molecular weight excluding hydrogens is 366 g/mol. The fourth-order valence-corrected chi connectivity index (χ4v) is 3.90. The van der Waals surface area contributed by atoms with Crippen molar-refractivity contribution in [3.63, 3.8) is 0 Å². The van der Waals surface area contributed by atoms with Gasteiger partial charge in [-0.15, -0.1) is 11.3 Å². The lowest BCUT2D eigenvalue weighted by atomic mass is 9.99. The number of hydrogen-bond donors (Lipinski definition) is 3. The first kappa shape index (κ1) is 18.8. The molecular formula is C19H19N3O4S. The summed E-state index contributed by atoms with van der Waals surface area (Å²) >= 11 is 1.46. The number of rotatable bonds is 7. The number of nitrogens with zero attached hydrogens (tertiary/aromatic N) is 2. The summed E-state index contributed by atoms with van der Waals surface area (Å²) in [6, 6.07) is 5.09. The lowest BCUT2D eigenvalue weighted by Crippen LogP contribution is -2.30. The van der Waals surface area contributed by atoms with Crippen molar-refractivity contribution in [2.45, 2.75) is 32.7 Å². The van der Waals surface area contributed by atoms with Crippen LogP contribution in [0.25, 0.3) is 21.3 Å². The van der Waals surface area contributed by atoms with E-state index in [2.05, 4.69) is 21.4 Å². The van der Waals surface area contributed by atoms with Gasteiger partial charge in [0, 0.05) is 17.4 Å². The molecule has 0 saturated carbocycles. The van der Waals surface area contributed by atoms with Crippen molar-refractivity contribution >= 4 is 39.3 Å². The molecule has 0 fully saturated rings. The van der Waals surface area contributed by atoms with E-state index in [0.717, 1.165) is 32.5 Å².